The molecule has 0 radical (unpaired) electrons. The Morgan fingerprint density at radius 1 is 1.31 bits per heavy atom. The average Bonchev–Trinajstić information content (AvgIpc) is 2.33. The van der Waals surface area contributed by atoms with Crippen LogP contribution in [0.3, 0.4) is 0 Å². The second-order valence-corrected chi connectivity index (χ2v) is 3.88. The van der Waals surface area contributed by atoms with Gasteiger partial charge in [-0.2, -0.15) is 0 Å². The summed E-state index contributed by atoms with van der Waals surface area (Å²) in [6.07, 6.45) is 4.12. The molecule has 2 rings (SSSR count). The Labute approximate surface area is 95.7 Å². The maximum Gasteiger partial charge on any atom is 0.0724 e. The van der Waals surface area contributed by atoms with Gasteiger partial charge in [-0.15, -0.1) is 0 Å². The standard InChI is InChI=1S/C13H17N3/c1-2-3-8-16-12-7-6-11-10(13(12)14)5-4-9-15-11/h4-7,9,16H,2-3,8,14H2,1H3. The molecule has 16 heavy (non-hydrogen) atoms. The van der Waals surface area contributed by atoms with Crippen molar-refractivity contribution in [1.29, 1.82) is 0 Å². The van der Waals surface area contributed by atoms with Gasteiger partial charge in [0.25, 0.3) is 0 Å². The van der Waals surface area contributed by atoms with E-state index < -0.39 is 0 Å². The van der Waals surface area contributed by atoms with Gasteiger partial charge in [0.2, 0.25) is 0 Å². The number of nitrogens with zero attached hydrogens (tertiary/aromatic N) is 1. The number of hydrogen-bond donors (Lipinski definition) is 2. The van der Waals surface area contributed by atoms with E-state index in [0.717, 1.165) is 35.2 Å². The van der Waals surface area contributed by atoms with Gasteiger partial charge in [0, 0.05) is 18.1 Å². The summed E-state index contributed by atoms with van der Waals surface area (Å²) in [6.45, 7) is 3.14. The van der Waals surface area contributed by atoms with E-state index >= 15 is 0 Å². The van der Waals surface area contributed by atoms with E-state index in [1.807, 2.05) is 24.3 Å². The third-order valence-corrected chi connectivity index (χ3v) is 2.67. The van der Waals surface area contributed by atoms with Crippen molar-refractivity contribution in [2.45, 2.75) is 19.8 Å². The number of nitrogens with one attached hydrogen (secondary N) is 1. The first-order chi connectivity index (χ1) is 7.83. The molecule has 0 bridgehead atoms. The molecule has 0 aliphatic heterocycles. The predicted molar refractivity (Wildman–Crippen MR) is 69.6 cm³/mol. The molecule has 1 aromatic heterocycles. The number of unbranched alkanes of at least 4 members (excludes halogenated alkanes) is 1. The summed E-state index contributed by atoms with van der Waals surface area (Å²) in [5.74, 6) is 0. The second-order valence-electron chi connectivity index (χ2n) is 3.88. The van der Waals surface area contributed by atoms with Crippen molar-refractivity contribution in [3.63, 3.8) is 0 Å². The number of rotatable bonds is 4. The highest BCUT2D eigenvalue weighted by Gasteiger charge is 2.03. The van der Waals surface area contributed by atoms with Crippen molar-refractivity contribution in [3.05, 3.63) is 30.5 Å². The molecule has 84 valence electrons. The highest BCUT2D eigenvalue weighted by atomic mass is 14.9. The van der Waals surface area contributed by atoms with Crippen LogP contribution in [-0.2, 0) is 0 Å². The second kappa shape index (κ2) is 4.84. The minimum atomic E-state index is 0.793. The van der Waals surface area contributed by atoms with E-state index in [1.165, 1.54) is 6.42 Å². The van der Waals surface area contributed by atoms with E-state index in [1.54, 1.807) is 6.20 Å². The highest BCUT2D eigenvalue weighted by molar-refractivity contribution is 5.96. The van der Waals surface area contributed by atoms with Crippen molar-refractivity contribution in [3.8, 4) is 0 Å². The van der Waals surface area contributed by atoms with E-state index in [4.69, 9.17) is 5.73 Å². The summed E-state index contributed by atoms with van der Waals surface area (Å²) in [4.78, 5) is 4.27. The van der Waals surface area contributed by atoms with E-state index in [-0.39, 0.29) is 0 Å². The fourth-order valence-electron chi connectivity index (χ4n) is 1.73. The number of fused-ring (bicyclic) bond motifs is 1. The number of hydrogen-bond acceptors (Lipinski definition) is 3. The summed E-state index contributed by atoms with van der Waals surface area (Å²) < 4.78 is 0. The Bertz CT molecular complexity index is 480. The van der Waals surface area contributed by atoms with Crippen LogP contribution in [0.25, 0.3) is 10.9 Å². The molecule has 0 unspecified atom stereocenters. The van der Waals surface area contributed by atoms with Gasteiger partial charge in [-0.1, -0.05) is 13.3 Å². The summed E-state index contributed by atoms with van der Waals surface area (Å²) in [5.41, 5.74) is 8.85. The molecule has 1 aromatic carbocycles. The zero-order valence-electron chi connectivity index (χ0n) is 9.53. The molecule has 3 heteroatoms. The van der Waals surface area contributed by atoms with Crippen LogP contribution < -0.4 is 11.1 Å². The molecule has 0 fully saturated rings. The van der Waals surface area contributed by atoms with Gasteiger partial charge in [-0.05, 0) is 30.7 Å². The minimum absolute atomic E-state index is 0.793. The molecular formula is C13H17N3. The minimum Gasteiger partial charge on any atom is -0.397 e. The van der Waals surface area contributed by atoms with Gasteiger partial charge < -0.3 is 11.1 Å². The summed E-state index contributed by atoms with van der Waals surface area (Å²) >= 11 is 0. The average molecular weight is 215 g/mol. The van der Waals surface area contributed by atoms with Crippen LogP contribution in [0.4, 0.5) is 11.4 Å². The lowest BCUT2D eigenvalue weighted by atomic mass is 10.1. The van der Waals surface area contributed by atoms with Gasteiger partial charge in [-0.25, -0.2) is 0 Å². The van der Waals surface area contributed by atoms with Crippen LogP contribution >= 0.6 is 0 Å². The lowest BCUT2D eigenvalue weighted by Gasteiger charge is -2.10. The first kappa shape index (κ1) is 10.7. The monoisotopic (exact) mass is 215 g/mol. The van der Waals surface area contributed by atoms with Crippen molar-refractivity contribution in [2.24, 2.45) is 0 Å². The first-order valence-corrected chi connectivity index (χ1v) is 5.70. The summed E-state index contributed by atoms with van der Waals surface area (Å²) in [7, 11) is 0. The van der Waals surface area contributed by atoms with E-state index in [0.29, 0.717) is 0 Å². The Kier molecular flexibility index (Phi) is 3.25. The summed E-state index contributed by atoms with van der Waals surface area (Å²) in [5, 5.41) is 4.37. The third kappa shape index (κ3) is 2.08. The van der Waals surface area contributed by atoms with E-state index in [9.17, 15) is 0 Å². The smallest absolute Gasteiger partial charge is 0.0724 e. The first-order valence-electron chi connectivity index (χ1n) is 5.70. The molecule has 0 saturated carbocycles. The molecule has 0 aliphatic rings. The van der Waals surface area contributed by atoms with Gasteiger partial charge in [0.05, 0.1) is 16.9 Å². The van der Waals surface area contributed by atoms with Crippen LogP contribution in [0.2, 0.25) is 0 Å². The van der Waals surface area contributed by atoms with Crippen molar-refractivity contribution >= 4 is 22.3 Å². The molecule has 2 aromatic rings. The predicted octanol–water partition coefficient (Wildman–Crippen LogP) is 3.03. The normalized spacial score (nSPS) is 10.6. The fraction of sp³-hybridized carbons (Fsp3) is 0.308. The van der Waals surface area contributed by atoms with Crippen LogP contribution in [0.1, 0.15) is 19.8 Å². The zero-order valence-corrected chi connectivity index (χ0v) is 9.53. The molecule has 0 aliphatic carbocycles. The topological polar surface area (TPSA) is 50.9 Å². The van der Waals surface area contributed by atoms with Gasteiger partial charge in [0.1, 0.15) is 0 Å². The third-order valence-electron chi connectivity index (χ3n) is 2.67. The Morgan fingerprint density at radius 2 is 2.19 bits per heavy atom. The highest BCUT2D eigenvalue weighted by Crippen LogP contribution is 2.27. The van der Waals surface area contributed by atoms with Gasteiger partial charge in [-0.3, -0.25) is 4.98 Å². The maximum atomic E-state index is 6.10. The van der Waals surface area contributed by atoms with Crippen LogP contribution in [-0.4, -0.2) is 11.5 Å². The fourth-order valence-corrected chi connectivity index (χ4v) is 1.73. The lowest BCUT2D eigenvalue weighted by molar-refractivity contribution is 0.835. The Hall–Kier alpha value is -1.77. The molecule has 0 atom stereocenters. The van der Waals surface area contributed by atoms with Gasteiger partial charge in [0.15, 0.2) is 0 Å². The number of aromatic nitrogens is 1. The Balaban J connectivity index is 2.29. The number of benzene rings is 1. The molecule has 0 amide bonds. The van der Waals surface area contributed by atoms with E-state index in [2.05, 4.69) is 17.2 Å². The SMILES string of the molecule is CCCCNc1ccc2ncccc2c1N. The van der Waals surface area contributed by atoms with Crippen LogP contribution in [0.15, 0.2) is 30.5 Å². The molecule has 0 spiro atoms. The maximum absolute atomic E-state index is 6.10. The molecule has 3 N–H and O–H groups in total. The lowest BCUT2D eigenvalue weighted by Crippen LogP contribution is -2.04. The number of nitrogens with two attached hydrogens (primary N) is 1. The number of nitrogen functional groups attached to an aromatic ring is 1. The molecule has 3 nitrogen and oxygen atoms in total. The molecular weight excluding hydrogens is 198 g/mol. The molecule has 0 saturated heterocycles. The number of anilines is 2. The zero-order chi connectivity index (χ0) is 11.4. The quantitative estimate of drug-likeness (QED) is 0.609. The number of pyridine rings is 1. The Morgan fingerprint density at radius 3 is 3.00 bits per heavy atom. The van der Waals surface area contributed by atoms with Crippen LogP contribution in [0, 0.1) is 0 Å². The van der Waals surface area contributed by atoms with Crippen molar-refractivity contribution in [2.75, 3.05) is 17.6 Å². The van der Waals surface area contributed by atoms with Gasteiger partial charge >= 0.3 is 0 Å². The summed E-state index contributed by atoms with van der Waals surface area (Å²) in [6, 6.07) is 7.91. The molecule has 1 heterocycles. The van der Waals surface area contributed by atoms with Crippen molar-refractivity contribution in [1.82, 2.24) is 4.98 Å². The largest absolute Gasteiger partial charge is 0.397 e. The van der Waals surface area contributed by atoms with Crippen LogP contribution in [0.5, 0.6) is 0 Å². The van der Waals surface area contributed by atoms with Crippen molar-refractivity contribution < 1.29 is 0 Å².